The van der Waals surface area contributed by atoms with Gasteiger partial charge in [-0.25, -0.2) is 4.39 Å². The van der Waals surface area contributed by atoms with Crippen LogP contribution in [0.3, 0.4) is 0 Å². The number of ether oxygens (including phenoxy) is 1. The molecule has 0 amide bonds. The quantitative estimate of drug-likeness (QED) is 0.617. The van der Waals surface area contributed by atoms with Gasteiger partial charge >= 0.3 is 5.69 Å². The van der Waals surface area contributed by atoms with Crippen molar-refractivity contribution in [2.75, 3.05) is 0 Å². The van der Waals surface area contributed by atoms with Crippen LogP contribution in [0.4, 0.5) is 14.5 Å². The van der Waals surface area contributed by atoms with E-state index in [4.69, 9.17) is 4.74 Å². The van der Waals surface area contributed by atoms with Gasteiger partial charge in [0.15, 0.2) is 0 Å². The lowest BCUT2D eigenvalue weighted by molar-refractivity contribution is -0.387. The Bertz CT molecular complexity index is 664. The van der Waals surface area contributed by atoms with Crippen LogP contribution < -0.4 is 4.74 Å². The monoisotopic (exact) mass is 343 g/mol. The number of rotatable bonds is 4. The van der Waals surface area contributed by atoms with Crippen molar-refractivity contribution in [2.24, 2.45) is 0 Å². The van der Waals surface area contributed by atoms with Crippen molar-refractivity contribution in [1.82, 2.24) is 0 Å². The number of hydrogen-bond donors (Lipinski definition) is 0. The van der Waals surface area contributed by atoms with Gasteiger partial charge in [-0.3, -0.25) is 10.1 Å². The molecule has 0 N–H and O–H groups in total. The normalized spacial score (nSPS) is 10.3. The molecule has 0 unspecified atom stereocenters. The minimum Gasteiger partial charge on any atom is -0.488 e. The zero-order chi connectivity index (χ0) is 14.7. The summed E-state index contributed by atoms with van der Waals surface area (Å²) >= 11 is 3.19. The first-order valence-electron chi connectivity index (χ1n) is 5.48. The van der Waals surface area contributed by atoms with Crippen molar-refractivity contribution < 1.29 is 18.4 Å². The fourth-order valence-electron chi connectivity index (χ4n) is 1.54. The highest BCUT2D eigenvalue weighted by atomic mass is 79.9. The third-order valence-corrected chi connectivity index (χ3v) is 3.15. The van der Waals surface area contributed by atoms with E-state index in [2.05, 4.69) is 15.9 Å². The summed E-state index contributed by atoms with van der Waals surface area (Å²) in [6.45, 7) is -0.0308. The second kappa shape index (κ2) is 5.96. The van der Waals surface area contributed by atoms with Crippen molar-refractivity contribution in [3.8, 4) is 5.75 Å². The molecule has 0 saturated carbocycles. The van der Waals surface area contributed by atoms with Crippen LogP contribution in [0.25, 0.3) is 0 Å². The predicted molar refractivity (Wildman–Crippen MR) is 71.5 cm³/mol. The molecule has 2 aromatic rings. The largest absolute Gasteiger partial charge is 0.488 e. The van der Waals surface area contributed by atoms with E-state index in [9.17, 15) is 18.9 Å². The Labute approximate surface area is 121 Å². The molecular weight excluding hydrogens is 336 g/mol. The second-order valence-corrected chi connectivity index (χ2v) is 4.76. The van der Waals surface area contributed by atoms with E-state index in [1.54, 1.807) is 0 Å². The van der Waals surface area contributed by atoms with Crippen molar-refractivity contribution in [3.63, 3.8) is 0 Å². The number of nitrogens with zero attached hydrogens (tertiary/aromatic N) is 1. The van der Waals surface area contributed by atoms with Crippen LogP contribution in [0.5, 0.6) is 5.75 Å². The molecule has 4 nitrogen and oxygen atoms in total. The molecule has 0 aliphatic carbocycles. The fourth-order valence-corrected chi connectivity index (χ4v) is 1.90. The Hall–Kier alpha value is -2.02. The Morgan fingerprint density at radius 1 is 1.20 bits per heavy atom. The Kier molecular flexibility index (Phi) is 4.29. The van der Waals surface area contributed by atoms with Crippen molar-refractivity contribution in [1.29, 1.82) is 0 Å². The Balaban J connectivity index is 2.13. The summed E-state index contributed by atoms with van der Waals surface area (Å²) in [6.07, 6.45) is 0. The highest BCUT2D eigenvalue weighted by Gasteiger charge is 2.14. The van der Waals surface area contributed by atoms with Crippen LogP contribution in [0.2, 0.25) is 0 Å². The zero-order valence-electron chi connectivity index (χ0n) is 9.98. The van der Waals surface area contributed by atoms with E-state index in [1.165, 1.54) is 24.3 Å². The molecule has 104 valence electrons. The molecule has 7 heteroatoms. The maximum Gasteiger partial charge on any atom is 0.304 e. The molecule has 0 aliphatic rings. The van der Waals surface area contributed by atoms with E-state index in [0.717, 1.165) is 12.1 Å². The highest BCUT2D eigenvalue weighted by Crippen LogP contribution is 2.27. The van der Waals surface area contributed by atoms with Crippen LogP contribution in [0.15, 0.2) is 40.9 Å². The molecule has 0 bridgehead atoms. The predicted octanol–water partition coefficient (Wildman–Crippen LogP) is 4.21. The SMILES string of the molecule is O=[N+]([O-])c1ccc(COc2cc(F)ccc2Br)cc1F. The number of hydrogen-bond acceptors (Lipinski definition) is 3. The second-order valence-electron chi connectivity index (χ2n) is 3.91. The highest BCUT2D eigenvalue weighted by molar-refractivity contribution is 9.10. The molecule has 0 atom stereocenters. The van der Waals surface area contributed by atoms with Crippen LogP contribution in [-0.4, -0.2) is 4.92 Å². The van der Waals surface area contributed by atoms with Gasteiger partial charge in [0.05, 0.1) is 9.40 Å². The van der Waals surface area contributed by atoms with Crippen molar-refractivity contribution in [3.05, 3.63) is 68.2 Å². The minimum absolute atomic E-state index is 0.0308. The number of nitro groups is 1. The third kappa shape index (κ3) is 3.30. The molecule has 20 heavy (non-hydrogen) atoms. The Morgan fingerprint density at radius 3 is 2.60 bits per heavy atom. The summed E-state index contributed by atoms with van der Waals surface area (Å²) in [5, 5.41) is 10.5. The standard InChI is InChI=1S/C13H8BrF2NO3/c14-10-3-2-9(15)6-13(10)20-7-8-1-4-12(17(18)19)11(16)5-8/h1-6H,7H2. The third-order valence-electron chi connectivity index (χ3n) is 2.50. The molecule has 0 saturated heterocycles. The molecule has 0 heterocycles. The summed E-state index contributed by atoms with van der Waals surface area (Å²) in [5.74, 6) is -1.13. The van der Waals surface area contributed by atoms with Gasteiger partial charge < -0.3 is 4.74 Å². The summed E-state index contributed by atoms with van der Waals surface area (Å²) in [7, 11) is 0. The molecule has 0 aliphatic heterocycles. The Morgan fingerprint density at radius 2 is 1.95 bits per heavy atom. The zero-order valence-corrected chi connectivity index (χ0v) is 11.6. The first-order chi connectivity index (χ1) is 9.47. The van der Waals surface area contributed by atoms with E-state index in [1.807, 2.05) is 0 Å². The topological polar surface area (TPSA) is 52.4 Å². The van der Waals surface area contributed by atoms with Crippen LogP contribution >= 0.6 is 15.9 Å². The summed E-state index contributed by atoms with van der Waals surface area (Å²) < 4.78 is 32.3. The van der Waals surface area contributed by atoms with Crippen LogP contribution in [0, 0.1) is 21.7 Å². The maximum absolute atomic E-state index is 13.4. The average molecular weight is 344 g/mol. The molecule has 2 aromatic carbocycles. The molecule has 2 rings (SSSR count). The first-order valence-corrected chi connectivity index (χ1v) is 6.27. The van der Waals surface area contributed by atoms with Gasteiger partial charge in [0.1, 0.15) is 18.2 Å². The summed E-state index contributed by atoms with van der Waals surface area (Å²) in [5.41, 5.74) is -0.190. The van der Waals surface area contributed by atoms with E-state index < -0.39 is 22.2 Å². The van der Waals surface area contributed by atoms with Crippen LogP contribution in [-0.2, 0) is 6.61 Å². The van der Waals surface area contributed by atoms with E-state index >= 15 is 0 Å². The van der Waals surface area contributed by atoms with Crippen molar-refractivity contribution >= 4 is 21.6 Å². The maximum atomic E-state index is 13.4. The van der Waals surface area contributed by atoms with Gasteiger partial charge in [-0.1, -0.05) is 0 Å². The number of nitro benzene ring substituents is 1. The number of halogens is 3. The smallest absolute Gasteiger partial charge is 0.304 e. The van der Waals surface area contributed by atoms with Gasteiger partial charge in [-0.05, 0) is 45.8 Å². The lowest BCUT2D eigenvalue weighted by Gasteiger charge is -2.08. The van der Waals surface area contributed by atoms with E-state index in [0.29, 0.717) is 10.0 Å². The van der Waals surface area contributed by atoms with Crippen molar-refractivity contribution in [2.45, 2.75) is 6.61 Å². The number of benzene rings is 2. The molecule has 0 radical (unpaired) electrons. The van der Waals surface area contributed by atoms with Gasteiger partial charge in [-0.2, -0.15) is 4.39 Å². The molecule has 0 spiro atoms. The molecule has 0 fully saturated rings. The lowest BCUT2D eigenvalue weighted by Crippen LogP contribution is -1.99. The van der Waals surface area contributed by atoms with Gasteiger partial charge in [0, 0.05) is 12.1 Å². The molecule has 0 aromatic heterocycles. The van der Waals surface area contributed by atoms with E-state index in [-0.39, 0.29) is 12.4 Å². The van der Waals surface area contributed by atoms with Crippen LogP contribution in [0.1, 0.15) is 5.56 Å². The molecular formula is C13H8BrF2NO3. The summed E-state index contributed by atoms with van der Waals surface area (Å²) in [4.78, 5) is 9.68. The lowest BCUT2D eigenvalue weighted by atomic mass is 10.2. The van der Waals surface area contributed by atoms with Gasteiger partial charge in [0.2, 0.25) is 5.82 Å². The van der Waals surface area contributed by atoms with Gasteiger partial charge in [-0.15, -0.1) is 0 Å². The first kappa shape index (κ1) is 14.4. The average Bonchev–Trinajstić information content (AvgIpc) is 2.39. The summed E-state index contributed by atoms with van der Waals surface area (Å²) in [6, 6.07) is 7.41. The minimum atomic E-state index is -0.936. The fraction of sp³-hybridized carbons (Fsp3) is 0.0769. The van der Waals surface area contributed by atoms with Gasteiger partial charge in [0.25, 0.3) is 0 Å².